The number of carbonyl (C=O) groups is 6. The Labute approximate surface area is 354 Å². The van der Waals surface area contributed by atoms with Gasteiger partial charge in [0.1, 0.15) is 29.8 Å². The lowest BCUT2D eigenvalue weighted by molar-refractivity contribution is -0.145. The van der Waals surface area contributed by atoms with E-state index in [4.69, 9.17) is 14.2 Å². The summed E-state index contributed by atoms with van der Waals surface area (Å²) in [4.78, 5) is 90.0. The van der Waals surface area contributed by atoms with Gasteiger partial charge in [-0.15, -0.1) is 0 Å². The summed E-state index contributed by atoms with van der Waals surface area (Å²) in [5, 5.41) is 14.7. The SMILES string of the molecule is CC[C@H](C)[C@H](NC(=O)[C@@H](NC[C@@H]1COCCCCCN(C(=O)[C@H](Cc2ccccc2)NC(=O)OC(C)(C)C)[C@@H](C)C(=O)N1)C(C)C)C(=O)N[C@@H](Cc1cnc[nH]1)C(=O)OC. The highest BCUT2D eigenvalue weighted by atomic mass is 16.6. The van der Waals surface area contributed by atoms with E-state index in [0.717, 1.165) is 18.4 Å². The van der Waals surface area contributed by atoms with Crippen LogP contribution in [0.3, 0.4) is 0 Å². The Morgan fingerprint density at radius 2 is 1.65 bits per heavy atom. The molecule has 1 saturated heterocycles. The summed E-state index contributed by atoms with van der Waals surface area (Å²) >= 11 is 0. The molecule has 6 N–H and O–H groups in total. The predicted molar refractivity (Wildman–Crippen MR) is 225 cm³/mol. The van der Waals surface area contributed by atoms with Crippen molar-refractivity contribution < 1.29 is 43.0 Å². The number of aromatic nitrogens is 2. The van der Waals surface area contributed by atoms with Crippen LogP contribution in [-0.4, -0.2) is 126 Å². The Morgan fingerprint density at radius 1 is 0.950 bits per heavy atom. The Kier molecular flexibility index (Phi) is 20.0. The highest BCUT2D eigenvalue weighted by Crippen LogP contribution is 2.16. The first-order valence-electron chi connectivity index (χ1n) is 21.0. The van der Waals surface area contributed by atoms with Gasteiger partial charge >= 0.3 is 12.1 Å². The fraction of sp³-hybridized carbons (Fsp3) is 0.651. The fourth-order valence-electron chi connectivity index (χ4n) is 6.76. The molecule has 1 aliphatic rings. The number of rotatable bonds is 17. The van der Waals surface area contributed by atoms with Gasteiger partial charge in [0.2, 0.25) is 23.6 Å². The van der Waals surface area contributed by atoms with E-state index in [2.05, 4.69) is 36.6 Å². The molecule has 1 fully saturated rings. The predicted octanol–water partition coefficient (Wildman–Crippen LogP) is 2.79. The van der Waals surface area contributed by atoms with Crippen molar-refractivity contribution >= 4 is 35.7 Å². The number of ether oxygens (including phenoxy) is 3. The van der Waals surface area contributed by atoms with Crippen LogP contribution in [0.15, 0.2) is 42.9 Å². The molecule has 17 nitrogen and oxygen atoms in total. The molecule has 2 aromatic rings. The molecule has 1 aromatic carbocycles. The summed E-state index contributed by atoms with van der Waals surface area (Å²) in [7, 11) is 1.24. The van der Waals surface area contributed by atoms with Crippen molar-refractivity contribution in [3.05, 3.63) is 54.1 Å². The Hall–Kier alpha value is -5.03. The number of esters is 1. The molecular weight excluding hydrogens is 773 g/mol. The average molecular weight is 841 g/mol. The standard InChI is InChI=1S/C43H68N8O9/c1-10-28(4)36(39(54)48-34(41(56)58-9)22-31-23-44-26-46-31)50-38(53)35(27(2)3)45-24-32-25-59-20-16-12-15-19-51(29(5)37(52)47-32)40(55)33(21-30-17-13-11-14-18-30)49-42(57)60-43(6,7)8/h11,13-14,17-18,23,26-29,32-36,45H,10,12,15-16,19-22,24-25H2,1-9H3,(H,44,46)(H,47,52)(H,48,54)(H,49,57)(H,50,53)/t28-,29-,32+,33-,34-,35-,36-/m0/s1. The van der Waals surface area contributed by atoms with E-state index in [-0.39, 0.29) is 44.4 Å². The minimum absolute atomic E-state index is 0.118. The largest absolute Gasteiger partial charge is 0.467 e. The summed E-state index contributed by atoms with van der Waals surface area (Å²) in [5.74, 6) is -2.96. The number of nitrogens with one attached hydrogen (secondary N) is 6. The van der Waals surface area contributed by atoms with Crippen LogP contribution in [0.25, 0.3) is 0 Å². The number of H-pyrrole nitrogens is 1. The number of alkyl carbamates (subject to hydrolysis) is 1. The molecule has 0 bridgehead atoms. The number of benzene rings is 1. The van der Waals surface area contributed by atoms with Gasteiger partial charge in [-0.05, 0) is 64.4 Å². The number of methoxy groups -OCH3 is 1. The van der Waals surface area contributed by atoms with Gasteiger partial charge in [-0.25, -0.2) is 14.6 Å². The number of imidazole rings is 1. The lowest BCUT2D eigenvalue weighted by atomic mass is 9.96. The zero-order valence-electron chi connectivity index (χ0n) is 36.8. The second-order valence-electron chi connectivity index (χ2n) is 16.8. The van der Waals surface area contributed by atoms with Crippen LogP contribution in [0, 0.1) is 11.8 Å². The molecule has 1 aromatic heterocycles. The summed E-state index contributed by atoms with van der Waals surface area (Å²) in [6.07, 6.45) is 5.26. The molecule has 2 heterocycles. The summed E-state index contributed by atoms with van der Waals surface area (Å²) in [6, 6.07) is 4.05. The third-order valence-electron chi connectivity index (χ3n) is 10.4. The molecule has 3 rings (SSSR count). The van der Waals surface area contributed by atoms with Crippen molar-refractivity contribution in [3.63, 3.8) is 0 Å². The van der Waals surface area contributed by atoms with Crippen LogP contribution in [0.4, 0.5) is 4.79 Å². The normalized spacial score (nSPS) is 19.2. The first-order chi connectivity index (χ1) is 28.4. The zero-order valence-corrected chi connectivity index (χ0v) is 36.8. The third kappa shape index (κ3) is 16.2. The molecule has 17 heteroatoms. The first kappa shape index (κ1) is 49.3. The molecule has 0 saturated carbocycles. The van der Waals surface area contributed by atoms with Gasteiger partial charge in [-0.3, -0.25) is 19.2 Å². The lowest BCUT2D eigenvalue weighted by Crippen LogP contribution is -2.60. The van der Waals surface area contributed by atoms with E-state index in [9.17, 15) is 28.8 Å². The fourth-order valence-corrected chi connectivity index (χ4v) is 6.76. The Morgan fingerprint density at radius 3 is 2.27 bits per heavy atom. The molecule has 0 radical (unpaired) electrons. The van der Waals surface area contributed by atoms with Crippen molar-refractivity contribution in [2.75, 3.05) is 33.4 Å². The maximum Gasteiger partial charge on any atom is 0.408 e. The molecule has 0 unspecified atom stereocenters. The maximum absolute atomic E-state index is 14.3. The lowest BCUT2D eigenvalue weighted by Gasteiger charge is -2.34. The van der Waals surface area contributed by atoms with Gasteiger partial charge in [0.05, 0.1) is 32.1 Å². The highest BCUT2D eigenvalue weighted by Gasteiger charge is 2.36. The van der Waals surface area contributed by atoms with Gasteiger partial charge in [0.25, 0.3) is 0 Å². The molecule has 60 heavy (non-hydrogen) atoms. The molecule has 0 aliphatic carbocycles. The van der Waals surface area contributed by atoms with Crippen LogP contribution < -0.4 is 26.6 Å². The Balaban J connectivity index is 1.77. The second-order valence-corrected chi connectivity index (χ2v) is 16.8. The van der Waals surface area contributed by atoms with E-state index < -0.39 is 77.5 Å². The van der Waals surface area contributed by atoms with Crippen molar-refractivity contribution in [1.29, 1.82) is 0 Å². The van der Waals surface area contributed by atoms with E-state index in [0.29, 0.717) is 25.1 Å². The van der Waals surface area contributed by atoms with Crippen LogP contribution in [0.1, 0.15) is 92.3 Å². The van der Waals surface area contributed by atoms with Gasteiger partial charge in [0.15, 0.2) is 0 Å². The van der Waals surface area contributed by atoms with Gasteiger partial charge in [-0.1, -0.05) is 64.4 Å². The van der Waals surface area contributed by atoms with Gasteiger partial charge in [0, 0.05) is 44.4 Å². The van der Waals surface area contributed by atoms with Gasteiger partial charge < -0.3 is 50.7 Å². The summed E-state index contributed by atoms with van der Waals surface area (Å²) in [5.41, 5.74) is 0.668. The molecule has 334 valence electrons. The number of nitrogens with zero attached hydrogens (tertiary/aromatic N) is 2. The zero-order chi connectivity index (χ0) is 44.4. The highest BCUT2D eigenvalue weighted by molar-refractivity contribution is 5.93. The van der Waals surface area contributed by atoms with Crippen molar-refractivity contribution in [1.82, 2.24) is 41.5 Å². The number of aromatic amines is 1. The summed E-state index contributed by atoms with van der Waals surface area (Å²) < 4.78 is 16.4. The third-order valence-corrected chi connectivity index (χ3v) is 10.4. The van der Waals surface area contributed by atoms with Gasteiger partial charge in [-0.2, -0.15) is 0 Å². The molecule has 7 atom stereocenters. The minimum atomic E-state index is -1.01. The van der Waals surface area contributed by atoms with Crippen LogP contribution >= 0.6 is 0 Å². The van der Waals surface area contributed by atoms with Crippen molar-refractivity contribution in [2.45, 2.75) is 136 Å². The minimum Gasteiger partial charge on any atom is -0.467 e. The molecule has 1 aliphatic heterocycles. The average Bonchev–Trinajstić information content (AvgIpc) is 3.71. The number of carbonyl (C=O) groups excluding carboxylic acids is 6. The van der Waals surface area contributed by atoms with E-state index >= 15 is 0 Å². The molecule has 0 spiro atoms. The monoisotopic (exact) mass is 841 g/mol. The number of hydrogen-bond donors (Lipinski definition) is 6. The van der Waals surface area contributed by atoms with Crippen molar-refractivity contribution in [3.8, 4) is 0 Å². The maximum atomic E-state index is 14.3. The smallest absolute Gasteiger partial charge is 0.408 e. The molecule has 5 amide bonds. The van der Waals surface area contributed by atoms with E-state index in [1.165, 1.54) is 18.3 Å². The van der Waals surface area contributed by atoms with Crippen molar-refractivity contribution in [2.24, 2.45) is 11.8 Å². The Bertz CT molecular complexity index is 1670. The molecular formula is C43H68N8O9. The topological polar surface area (TPSA) is 222 Å². The van der Waals surface area contributed by atoms with E-state index in [1.54, 1.807) is 33.9 Å². The van der Waals surface area contributed by atoms with Crippen LogP contribution in [0.5, 0.6) is 0 Å². The van der Waals surface area contributed by atoms with Crippen LogP contribution in [0.2, 0.25) is 0 Å². The first-order valence-corrected chi connectivity index (χ1v) is 21.0. The van der Waals surface area contributed by atoms with Crippen LogP contribution in [-0.2, 0) is 51.0 Å². The summed E-state index contributed by atoms with van der Waals surface area (Å²) in [6.45, 7) is 15.3. The van der Waals surface area contributed by atoms with E-state index in [1.807, 2.05) is 58.0 Å². The number of hydrogen-bond acceptors (Lipinski definition) is 11. The number of amides is 5. The second kappa shape index (κ2) is 24.3. The quantitative estimate of drug-likeness (QED) is 0.127.